The van der Waals surface area contributed by atoms with Crippen LogP contribution in [-0.4, -0.2) is 11.9 Å². The van der Waals surface area contributed by atoms with Crippen molar-refractivity contribution in [1.29, 1.82) is 0 Å². The van der Waals surface area contributed by atoms with E-state index < -0.39 is 6.10 Å². The molecule has 2 N–H and O–H groups in total. The maximum Gasteiger partial charge on any atom is 0.209 e. The first-order chi connectivity index (χ1) is 8.13. The predicted octanol–water partition coefficient (Wildman–Crippen LogP) is 2.84. The van der Waals surface area contributed by atoms with Crippen LogP contribution < -0.4 is 5.73 Å². The molecule has 0 fully saturated rings. The van der Waals surface area contributed by atoms with Gasteiger partial charge >= 0.3 is 0 Å². The number of hydrogen-bond acceptors (Lipinski definition) is 3. The van der Waals surface area contributed by atoms with Gasteiger partial charge in [0.1, 0.15) is 0 Å². The van der Waals surface area contributed by atoms with E-state index in [-0.39, 0.29) is 11.7 Å². The number of Topliss-reactive ketones (excluding diaryl/α,β-unsaturated/α-hetero) is 1. The van der Waals surface area contributed by atoms with E-state index in [9.17, 15) is 4.79 Å². The highest BCUT2D eigenvalue weighted by atomic mass is 79.9. The van der Waals surface area contributed by atoms with Crippen molar-refractivity contribution in [1.82, 2.24) is 0 Å². The Morgan fingerprint density at radius 2 is 2.24 bits per heavy atom. The molecule has 0 radical (unpaired) electrons. The second kappa shape index (κ2) is 4.92. The van der Waals surface area contributed by atoms with Gasteiger partial charge in [0.25, 0.3) is 0 Å². The quantitative estimate of drug-likeness (QED) is 0.933. The zero-order valence-electron chi connectivity index (χ0n) is 9.57. The Balaban J connectivity index is 2.33. The summed E-state index contributed by atoms with van der Waals surface area (Å²) >= 11 is 3.38. The Morgan fingerprint density at radius 3 is 2.88 bits per heavy atom. The summed E-state index contributed by atoms with van der Waals surface area (Å²) in [4.78, 5) is 12.1. The van der Waals surface area contributed by atoms with Gasteiger partial charge in [-0.15, -0.1) is 0 Å². The largest absolute Gasteiger partial charge is 0.467 e. The molecule has 17 heavy (non-hydrogen) atoms. The average molecular weight is 296 g/mol. The number of nitrogens with two attached hydrogens (primary N) is 1. The van der Waals surface area contributed by atoms with Gasteiger partial charge in [0.05, 0.1) is 5.57 Å². The maximum absolute atomic E-state index is 12.1. The minimum atomic E-state index is -0.408. The highest BCUT2D eigenvalue weighted by Crippen LogP contribution is 2.30. The first-order valence-corrected chi connectivity index (χ1v) is 6.39. The number of ether oxygens (including phenoxy) is 1. The minimum Gasteiger partial charge on any atom is -0.467 e. The molecule has 0 saturated carbocycles. The Morgan fingerprint density at radius 1 is 1.47 bits per heavy atom. The molecule has 1 aromatic rings. The third-order valence-corrected chi connectivity index (χ3v) is 3.21. The van der Waals surface area contributed by atoms with Crippen molar-refractivity contribution >= 4 is 27.3 Å². The van der Waals surface area contributed by atoms with Crippen LogP contribution in [-0.2, 0) is 9.53 Å². The van der Waals surface area contributed by atoms with Gasteiger partial charge in [-0.25, -0.2) is 0 Å². The molecular weight excluding hydrogens is 282 g/mol. The molecule has 3 nitrogen and oxygen atoms in total. The first kappa shape index (κ1) is 12.2. The summed E-state index contributed by atoms with van der Waals surface area (Å²) < 4.78 is 6.33. The van der Waals surface area contributed by atoms with Crippen molar-refractivity contribution in [3.05, 3.63) is 40.2 Å². The fraction of sp³-hybridized carbons (Fsp3) is 0.308. The summed E-state index contributed by atoms with van der Waals surface area (Å²) in [5, 5.41) is 0. The van der Waals surface area contributed by atoms with Crippen LogP contribution in [0.3, 0.4) is 0 Å². The molecule has 1 atom stereocenters. The SMILES string of the molecule is CCCC1OC(N)=C(c2cccc(Br)c2)C1=O. The summed E-state index contributed by atoms with van der Waals surface area (Å²) in [5.41, 5.74) is 7.10. The van der Waals surface area contributed by atoms with Crippen molar-refractivity contribution in [3.8, 4) is 0 Å². The maximum atomic E-state index is 12.1. The molecule has 0 spiro atoms. The molecule has 1 aromatic carbocycles. The Labute approximate surface area is 109 Å². The fourth-order valence-electron chi connectivity index (χ4n) is 1.93. The first-order valence-electron chi connectivity index (χ1n) is 5.60. The molecule has 0 bridgehead atoms. The molecular formula is C13H14BrNO2. The molecule has 2 rings (SSSR count). The van der Waals surface area contributed by atoms with E-state index in [0.717, 1.165) is 16.5 Å². The van der Waals surface area contributed by atoms with Gasteiger partial charge in [-0.05, 0) is 24.1 Å². The smallest absolute Gasteiger partial charge is 0.209 e. The molecule has 1 unspecified atom stereocenters. The van der Waals surface area contributed by atoms with Crippen LogP contribution >= 0.6 is 15.9 Å². The zero-order chi connectivity index (χ0) is 12.4. The lowest BCUT2D eigenvalue weighted by Crippen LogP contribution is -2.17. The molecule has 0 aliphatic carbocycles. The second-order valence-corrected chi connectivity index (χ2v) is 4.92. The number of hydrogen-bond donors (Lipinski definition) is 1. The number of ketones is 1. The van der Waals surface area contributed by atoms with Crippen LogP contribution in [0.15, 0.2) is 34.6 Å². The van der Waals surface area contributed by atoms with Gasteiger partial charge in [0, 0.05) is 4.47 Å². The monoisotopic (exact) mass is 295 g/mol. The van der Waals surface area contributed by atoms with E-state index >= 15 is 0 Å². The van der Waals surface area contributed by atoms with Crippen LogP contribution in [0, 0.1) is 0 Å². The van der Waals surface area contributed by atoms with Crippen molar-refractivity contribution in [2.45, 2.75) is 25.9 Å². The summed E-state index contributed by atoms with van der Waals surface area (Å²) in [6.07, 6.45) is 1.20. The molecule has 0 aromatic heterocycles. The Kier molecular flexibility index (Phi) is 3.52. The van der Waals surface area contributed by atoms with Gasteiger partial charge in [-0.2, -0.15) is 0 Å². The second-order valence-electron chi connectivity index (χ2n) is 4.01. The molecule has 4 heteroatoms. The number of halogens is 1. The molecule has 0 saturated heterocycles. The van der Waals surface area contributed by atoms with Crippen LogP contribution in [0.2, 0.25) is 0 Å². The lowest BCUT2D eigenvalue weighted by Gasteiger charge is -2.07. The predicted molar refractivity (Wildman–Crippen MR) is 70.0 cm³/mol. The van der Waals surface area contributed by atoms with Gasteiger partial charge in [0.15, 0.2) is 12.0 Å². The van der Waals surface area contributed by atoms with E-state index in [1.54, 1.807) is 0 Å². The summed E-state index contributed by atoms with van der Waals surface area (Å²) in [7, 11) is 0. The molecule has 1 heterocycles. The number of carbonyl (C=O) groups excluding carboxylic acids is 1. The van der Waals surface area contributed by atoms with Crippen LogP contribution in [0.5, 0.6) is 0 Å². The highest BCUT2D eigenvalue weighted by Gasteiger charge is 2.33. The van der Waals surface area contributed by atoms with Crippen molar-refractivity contribution in [3.63, 3.8) is 0 Å². The summed E-state index contributed by atoms with van der Waals surface area (Å²) in [6, 6.07) is 7.52. The van der Waals surface area contributed by atoms with E-state index in [1.807, 2.05) is 31.2 Å². The van der Waals surface area contributed by atoms with Gasteiger partial charge in [-0.3, -0.25) is 4.79 Å². The van der Waals surface area contributed by atoms with Gasteiger partial charge < -0.3 is 10.5 Å². The standard InChI is InChI=1S/C13H14BrNO2/c1-2-4-10-12(16)11(13(15)17-10)8-5-3-6-9(14)7-8/h3,5-7,10H,2,4,15H2,1H3. The Bertz CT molecular complexity index is 482. The zero-order valence-corrected chi connectivity index (χ0v) is 11.2. The fourth-order valence-corrected chi connectivity index (χ4v) is 2.33. The van der Waals surface area contributed by atoms with Crippen molar-refractivity contribution in [2.24, 2.45) is 5.73 Å². The number of rotatable bonds is 3. The lowest BCUT2D eigenvalue weighted by molar-refractivity contribution is -0.120. The van der Waals surface area contributed by atoms with E-state index in [4.69, 9.17) is 10.5 Å². The van der Waals surface area contributed by atoms with E-state index in [2.05, 4.69) is 15.9 Å². The topological polar surface area (TPSA) is 52.3 Å². The lowest BCUT2D eigenvalue weighted by atomic mass is 9.99. The van der Waals surface area contributed by atoms with E-state index in [0.29, 0.717) is 12.0 Å². The van der Waals surface area contributed by atoms with Crippen molar-refractivity contribution in [2.75, 3.05) is 0 Å². The highest BCUT2D eigenvalue weighted by molar-refractivity contribution is 9.10. The molecule has 1 aliphatic heterocycles. The molecule has 0 amide bonds. The number of carbonyl (C=O) groups is 1. The minimum absolute atomic E-state index is 0.0116. The van der Waals surface area contributed by atoms with Gasteiger partial charge in [-0.1, -0.05) is 41.4 Å². The van der Waals surface area contributed by atoms with Crippen LogP contribution in [0.4, 0.5) is 0 Å². The molecule has 1 aliphatic rings. The summed E-state index contributed by atoms with van der Waals surface area (Å²) in [6.45, 7) is 2.02. The van der Waals surface area contributed by atoms with Crippen LogP contribution in [0.25, 0.3) is 5.57 Å². The van der Waals surface area contributed by atoms with Gasteiger partial charge in [0.2, 0.25) is 5.78 Å². The van der Waals surface area contributed by atoms with Crippen molar-refractivity contribution < 1.29 is 9.53 Å². The summed E-state index contributed by atoms with van der Waals surface area (Å²) in [5.74, 6) is 0.231. The number of benzene rings is 1. The van der Waals surface area contributed by atoms with E-state index in [1.165, 1.54) is 0 Å². The Hall–Kier alpha value is -1.29. The average Bonchev–Trinajstić information content (AvgIpc) is 2.55. The normalized spacial score (nSPS) is 19.6. The third kappa shape index (κ3) is 2.36. The molecule has 90 valence electrons. The van der Waals surface area contributed by atoms with Crippen LogP contribution in [0.1, 0.15) is 25.3 Å². The third-order valence-electron chi connectivity index (χ3n) is 2.72.